The third-order valence-corrected chi connectivity index (χ3v) is 5.98. The van der Waals surface area contributed by atoms with Crippen molar-refractivity contribution in [3.63, 3.8) is 0 Å². The third-order valence-electron chi connectivity index (χ3n) is 5.98. The van der Waals surface area contributed by atoms with Crippen LogP contribution >= 0.6 is 0 Å². The Morgan fingerprint density at radius 1 is 0.917 bits per heavy atom. The van der Waals surface area contributed by atoms with Crippen LogP contribution in [0.3, 0.4) is 0 Å². The zero-order valence-corrected chi connectivity index (χ0v) is 19.8. The molecule has 0 aliphatic carbocycles. The number of halogens is 3. The molecular weight excluding hydrogens is 469 g/mol. The SMILES string of the molecule is Cc1ccc(CNC(=O)c2ccc(N3CCCC3)c(NC(=O)Nc3cccc(C(F)(F)F)c3)c2)cc1. The van der Waals surface area contributed by atoms with Crippen LogP contribution < -0.4 is 20.9 Å². The summed E-state index contributed by atoms with van der Waals surface area (Å²) in [6.45, 7) is 3.96. The van der Waals surface area contributed by atoms with Crippen molar-refractivity contribution in [2.45, 2.75) is 32.5 Å². The average molecular weight is 497 g/mol. The standard InChI is InChI=1S/C27H27F3N4O2/c1-18-7-9-19(10-8-18)17-31-25(35)20-11-12-24(34-13-2-3-14-34)23(15-20)33-26(36)32-22-6-4-5-21(16-22)27(28,29)30/h4-12,15-16H,2-3,13-14,17H2,1H3,(H,31,35)(H2,32,33,36). The van der Waals surface area contributed by atoms with Crippen LogP contribution in [-0.4, -0.2) is 25.0 Å². The fraction of sp³-hybridized carbons (Fsp3) is 0.259. The average Bonchev–Trinajstić information content (AvgIpc) is 3.38. The molecule has 3 aromatic rings. The first kappa shape index (κ1) is 25.1. The molecule has 3 amide bonds. The van der Waals surface area contributed by atoms with E-state index in [1.54, 1.807) is 18.2 Å². The highest BCUT2D eigenvalue weighted by molar-refractivity contribution is 6.04. The molecule has 3 N–H and O–H groups in total. The summed E-state index contributed by atoms with van der Waals surface area (Å²) in [5.41, 5.74) is 2.76. The molecule has 0 aromatic heterocycles. The molecule has 0 spiro atoms. The number of nitrogens with zero attached hydrogens (tertiary/aromatic N) is 1. The van der Waals surface area contributed by atoms with Crippen LogP contribution in [0.5, 0.6) is 0 Å². The zero-order chi connectivity index (χ0) is 25.7. The van der Waals surface area contributed by atoms with Crippen LogP contribution in [0, 0.1) is 6.92 Å². The third kappa shape index (κ3) is 6.35. The van der Waals surface area contributed by atoms with E-state index in [0.717, 1.165) is 54.9 Å². The van der Waals surface area contributed by atoms with Crippen molar-refractivity contribution in [2.75, 3.05) is 28.6 Å². The molecule has 0 saturated carbocycles. The van der Waals surface area contributed by atoms with Crippen LogP contribution in [0.15, 0.2) is 66.7 Å². The topological polar surface area (TPSA) is 73.5 Å². The van der Waals surface area contributed by atoms with E-state index in [-0.39, 0.29) is 11.6 Å². The summed E-state index contributed by atoms with van der Waals surface area (Å²) in [5.74, 6) is -0.301. The van der Waals surface area contributed by atoms with Gasteiger partial charge >= 0.3 is 12.2 Å². The van der Waals surface area contributed by atoms with Gasteiger partial charge in [0.05, 0.1) is 16.9 Å². The Morgan fingerprint density at radius 2 is 1.64 bits per heavy atom. The molecule has 0 atom stereocenters. The lowest BCUT2D eigenvalue weighted by Crippen LogP contribution is -2.26. The summed E-state index contributed by atoms with van der Waals surface area (Å²) in [5, 5.41) is 8.04. The molecule has 1 aliphatic heterocycles. The van der Waals surface area contributed by atoms with Gasteiger partial charge in [0.2, 0.25) is 0 Å². The number of carbonyl (C=O) groups excluding carboxylic acids is 2. The molecule has 1 heterocycles. The second-order valence-corrected chi connectivity index (χ2v) is 8.75. The fourth-order valence-electron chi connectivity index (χ4n) is 4.06. The first-order valence-corrected chi connectivity index (χ1v) is 11.7. The molecule has 1 fully saturated rings. The molecule has 3 aromatic carbocycles. The lowest BCUT2D eigenvalue weighted by atomic mass is 10.1. The van der Waals surface area contributed by atoms with Crippen molar-refractivity contribution in [3.05, 3.63) is 89.0 Å². The second kappa shape index (κ2) is 10.7. The molecule has 6 nitrogen and oxygen atoms in total. The van der Waals surface area contributed by atoms with Gasteiger partial charge in [0.25, 0.3) is 5.91 Å². The van der Waals surface area contributed by atoms with Crippen LogP contribution in [-0.2, 0) is 12.7 Å². The summed E-state index contributed by atoms with van der Waals surface area (Å²) in [6, 6.07) is 16.6. The van der Waals surface area contributed by atoms with Gasteiger partial charge in [-0.25, -0.2) is 4.79 Å². The number of rotatable bonds is 6. The highest BCUT2D eigenvalue weighted by Crippen LogP contribution is 2.32. The maximum atomic E-state index is 13.0. The molecular formula is C27H27F3N4O2. The molecule has 0 radical (unpaired) electrons. The number of alkyl halides is 3. The monoisotopic (exact) mass is 496 g/mol. The van der Waals surface area contributed by atoms with Crippen LogP contribution in [0.2, 0.25) is 0 Å². The zero-order valence-electron chi connectivity index (χ0n) is 19.8. The number of hydrogen-bond donors (Lipinski definition) is 3. The highest BCUT2D eigenvalue weighted by atomic mass is 19.4. The number of anilines is 3. The highest BCUT2D eigenvalue weighted by Gasteiger charge is 2.30. The van der Waals surface area contributed by atoms with E-state index in [4.69, 9.17) is 0 Å². The van der Waals surface area contributed by atoms with E-state index in [0.29, 0.717) is 17.8 Å². The minimum Gasteiger partial charge on any atom is -0.370 e. The minimum absolute atomic E-state index is 0.0112. The molecule has 188 valence electrons. The van der Waals surface area contributed by atoms with Crippen LogP contribution in [0.4, 0.5) is 35.0 Å². The van der Waals surface area contributed by atoms with Crippen molar-refractivity contribution in [1.29, 1.82) is 0 Å². The number of amides is 3. The van der Waals surface area contributed by atoms with E-state index in [1.807, 2.05) is 31.2 Å². The number of urea groups is 1. The molecule has 0 unspecified atom stereocenters. The van der Waals surface area contributed by atoms with Crippen LogP contribution in [0.25, 0.3) is 0 Å². The second-order valence-electron chi connectivity index (χ2n) is 8.75. The fourth-order valence-corrected chi connectivity index (χ4v) is 4.06. The predicted octanol–water partition coefficient (Wildman–Crippen LogP) is 6.19. The number of hydrogen-bond acceptors (Lipinski definition) is 3. The number of aryl methyl sites for hydroxylation is 1. The van der Waals surface area contributed by atoms with E-state index < -0.39 is 17.8 Å². The van der Waals surface area contributed by atoms with Gasteiger partial charge in [-0.1, -0.05) is 35.9 Å². The quantitative estimate of drug-likeness (QED) is 0.381. The Morgan fingerprint density at radius 3 is 2.33 bits per heavy atom. The molecule has 4 rings (SSSR count). The van der Waals surface area contributed by atoms with Gasteiger partial charge in [-0.3, -0.25) is 4.79 Å². The minimum atomic E-state index is -4.52. The largest absolute Gasteiger partial charge is 0.416 e. The summed E-state index contributed by atoms with van der Waals surface area (Å²) in [7, 11) is 0. The van der Waals surface area contributed by atoms with Crippen molar-refractivity contribution < 1.29 is 22.8 Å². The Kier molecular flexibility index (Phi) is 7.47. The van der Waals surface area contributed by atoms with E-state index in [1.165, 1.54) is 12.1 Å². The van der Waals surface area contributed by atoms with Gasteiger partial charge in [0.1, 0.15) is 0 Å². The van der Waals surface area contributed by atoms with Gasteiger partial charge in [-0.05, 0) is 61.7 Å². The number of benzene rings is 3. The summed E-state index contributed by atoms with van der Waals surface area (Å²) >= 11 is 0. The smallest absolute Gasteiger partial charge is 0.370 e. The van der Waals surface area contributed by atoms with E-state index in [2.05, 4.69) is 20.9 Å². The molecule has 1 saturated heterocycles. The Labute approximate surface area is 207 Å². The van der Waals surface area contributed by atoms with Crippen LogP contribution in [0.1, 0.15) is 39.9 Å². The molecule has 0 bridgehead atoms. The molecule has 1 aliphatic rings. The molecule has 36 heavy (non-hydrogen) atoms. The lowest BCUT2D eigenvalue weighted by molar-refractivity contribution is -0.137. The maximum Gasteiger partial charge on any atom is 0.416 e. The normalized spacial score (nSPS) is 13.4. The lowest BCUT2D eigenvalue weighted by Gasteiger charge is -2.22. The van der Waals surface area contributed by atoms with Gasteiger partial charge in [0, 0.05) is 30.9 Å². The van der Waals surface area contributed by atoms with Crippen molar-refractivity contribution >= 4 is 29.0 Å². The molecule has 9 heteroatoms. The van der Waals surface area contributed by atoms with Gasteiger partial charge in [-0.15, -0.1) is 0 Å². The summed E-state index contributed by atoms with van der Waals surface area (Å²) in [4.78, 5) is 27.6. The van der Waals surface area contributed by atoms with Gasteiger partial charge in [-0.2, -0.15) is 13.2 Å². The van der Waals surface area contributed by atoms with Gasteiger partial charge < -0.3 is 20.9 Å². The Hall–Kier alpha value is -4.01. The predicted molar refractivity (Wildman–Crippen MR) is 134 cm³/mol. The van der Waals surface area contributed by atoms with Crippen molar-refractivity contribution in [3.8, 4) is 0 Å². The number of nitrogens with one attached hydrogen (secondary N) is 3. The van der Waals surface area contributed by atoms with Crippen molar-refractivity contribution in [2.24, 2.45) is 0 Å². The first-order chi connectivity index (χ1) is 17.2. The maximum absolute atomic E-state index is 13.0. The Bertz CT molecular complexity index is 1240. The Balaban J connectivity index is 1.50. The number of carbonyl (C=O) groups is 2. The first-order valence-electron chi connectivity index (χ1n) is 11.7. The van der Waals surface area contributed by atoms with E-state index >= 15 is 0 Å². The van der Waals surface area contributed by atoms with Gasteiger partial charge in [0.15, 0.2) is 0 Å². The van der Waals surface area contributed by atoms with E-state index in [9.17, 15) is 22.8 Å². The summed E-state index contributed by atoms with van der Waals surface area (Å²) in [6.07, 6.45) is -2.50. The van der Waals surface area contributed by atoms with Crippen molar-refractivity contribution in [1.82, 2.24) is 5.32 Å². The summed E-state index contributed by atoms with van der Waals surface area (Å²) < 4.78 is 39.0.